The van der Waals surface area contributed by atoms with Gasteiger partial charge in [0.15, 0.2) is 0 Å². The molecule has 0 aliphatic carbocycles. The molecule has 2 N–H and O–H groups in total. The van der Waals surface area contributed by atoms with Crippen molar-refractivity contribution in [1.82, 2.24) is 5.32 Å². The SMILES string of the molecule is Cc1cc(C)c(O)c(CNC(=O)OC(C)(C)C)c1. The van der Waals surface area contributed by atoms with Crippen LogP contribution in [-0.2, 0) is 11.3 Å². The van der Waals surface area contributed by atoms with E-state index < -0.39 is 11.7 Å². The molecule has 4 heteroatoms. The van der Waals surface area contributed by atoms with Gasteiger partial charge in [0.1, 0.15) is 11.4 Å². The Balaban J connectivity index is 2.67. The van der Waals surface area contributed by atoms with Crippen molar-refractivity contribution in [3.8, 4) is 5.75 Å². The number of rotatable bonds is 2. The number of carbonyl (C=O) groups is 1. The van der Waals surface area contributed by atoms with Gasteiger partial charge in [-0.25, -0.2) is 4.79 Å². The van der Waals surface area contributed by atoms with E-state index in [0.717, 1.165) is 11.1 Å². The summed E-state index contributed by atoms with van der Waals surface area (Å²) in [4.78, 5) is 11.5. The molecule has 1 aromatic rings. The lowest BCUT2D eigenvalue weighted by molar-refractivity contribution is 0.0523. The smallest absolute Gasteiger partial charge is 0.407 e. The number of nitrogens with one attached hydrogen (secondary N) is 1. The van der Waals surface area contributed by atoms with Crippen molar-refractivity contribution >= 4 is 6.09 Å². The molecule has 0 fully saturated rings. The van der Waals surface area contributed by atoms with Crippen LogP contribution < -0.4 is 5.32 Å². The summed E-state index contributed by atoms with van der Waals surface area (Å²) in [6.07, 6.45) is -0.485. The van der Waals surface area contributed by atoms with E-state index in [1.807, 2.05) is 26.0 Å². The fourth-order valence-electron chi connectivity index (χ4n) is 1.66. The lowest BCUT2D eigenvalue weighted by atomic mass is 10.1. The van der Waals surface area contributed by atoms with E-state index in [1.54, 1.807) is 20.8 Å². The Morgan fingerprint density at radius 2 is 1.94 bits per heavy atom. The summed E-state index contributed by atoms with van der Waals surface area (Å²) >= 11 is 0. The highest BCUT2D eigenvalue weighted by atomic mass is 16.6. The number of benzene rings is 1. The monoisotopic (exact) mass is 251 g/mol. The molecular formula is C14H21NO3. The summed E-state index contributed by atoms with van der Waals surface area (Å²) in [5, 5.41) is 12.5. The highest BCUT2D eigenvalue weighted by Crippen LogP contribution is 2.23. The van der Waals surface area contributed by atoms with Gasteiger partial charge in [-0.2, -0.15) is 0 Å². The Hall–Kier alpha value is -1.71. The van der Waals surface area contributed by atoms with E-state index in [9.17, 15) is 9.90 Å². The molecule has 0 aromatic heterocycles. The molecule has 100 valence electrons. The van der Waals surface area contributed by atoms with Gasteiger partial charge in [0.05, 0.1) is 0 Å². The first kappa shape index (κ1) is 14.4. The second-order valence-corrected chi connectivity index (χ2v) is 5.44. The average molecular weight is 251 g/mol. The number of phenols is 1. The zero-order valence-electron chi connectivity index (χ0n) is 11.6. The molecule has 0 aliphatic rings. The van der Waals surface area contributed by atoms with Crippen molar-refractivity contribution in [3.63, 3.8) is 0 Å². The van der Waals surface area contributed by atoms with Gasteiger partial charge in [0.2, 0.25) is 0 Å². The van der Waals surface area contributed by atoms with Gasteiger partial charge < -0.3 is 15.2 Å². The summed E-state index contributed by atoms with van der Waals surface area (Å²) in [6.45, 7) is 9.45. The molecule has 0 spiro atoms. The molecule has 1 aromatic carbocycles. The number of alkyl carbamates (subject to hydrolysis) is 1. The van der Waals surface area contributed by atoms with Gasteiger partial charge in [0.25, 0.3) is 0 Å². The van der Waals surface area contributed by atoms with Crippen LogP contribution in [0.5, 0.6) is 5.75 Å². The molecule has 0 unspecified atom stereocenters. The van der Waals surface area contributed by atoms with Gasteiger partial charge in [-0.3, -0.25) is 0 Å². The van der Waals surface area contributed by atoms with Gasteiger partial charge >= 0.3 is 6.09 Å². The first-order chi connectivity index (χ1) is 8.19. The maximum absolute atomic E-state index is 11.5. The number of carbonyl (C=O) groups excluding carboxylic acids is 1. The predicted molar refractivity (Wildman–Crippen MR) is 70.7 cm³/mol. The number of hydrogen-bond acceptors (Lipinski definition) is 3. The molecule has 18 heavy (non-hydrogen) atoms. The summed E-state index contributed by atoms with van der Waals surface area (Å²) in [5.41, 5.74) is 2.02. The summed E-state index contributed by atoms with van der Waals surface area (Å²) in [5.74, 6) is 0.219. The maximum Gasteiger partial charge on any atom is 0.407 e. The minimum absolute atomic E-state index is 0.219. The second kappa shape index (κ2) is 5.29. The molecule has 0 atom stereocenters. The third-order valence-corrected chi connectivity index (χ3v) is 2.35. The van der Waals surface area contributed by atoms with Gasteiger partial charge in [0, 0.05) is 12.1 Å². The minimum Gasteiger partial charge on any atom is -0.507 e. The Labute approximate surface area is 108 Å². The fraction of sp³-hybridized carbons (Fsp3) is 0.500. The highest BCUT2D eigenvalue weighted by Gasteiger charge is 2.16. The lowest BCUT2D eigenvalue weighted by Crippen LogP contribution is -2.32. The number of amides is 1. The van der Waals surface area contributed by atoms with E-state index in [0.29, 0.717) is 5.56 Å². The van der Waals surface area contributed by atoms with Crippen LogP contribution in [0.3, 0.4) is 0 Å². The van der Waals surface area contributed by atoms with Crippen LogP contribution in [0.1, 0.15) is 37.5 Å². The van der Waals surface area contributed by atoms with E-state index in [4.69, 9.17) is 4.74 Å². The van der Waals surface area contributed by atoms with E-state index in [2.05, 4.69) is 5.32 Å². The summed E-state index contributed by atoms with van der Waals surface area (Å²) < 4.78 is 5.13. The Kier molecular flexibility index (Phi) is 4.22. The van der Waals surface area contributed by atoms with Crippen LogP contribution >= 0.6 is 0 Å². The average Bonchev–Trinajstić information content (AvgIpc) is 2.18. The Bertz CT molecular complexity index is 447. The van der Waals surface area contributed by atoms with Crippen molar-refractivity contribution in [2.45, 2.75) is 46.8 Å². The number of ether oxygens (including phenoxy) is 1. The van der Waals surface area contributed by atoms with Crippen molar-refractivity contribution in [1.29, 1.82) is 0 Å². The van der Waals surface area contributed by atoms with Crippen LogP contribution in [-0.4, -0.2) is 16.8 Å². The molecule has 0 heterocycles. The third-order valence-electron chi connectivity index (χ3n) is 2.35. The van der Waals surface area contributed by atoms with Gasteiger partial charge in [-0.15, -0.1) is 0 Å². The third kappa shape index (κ3) is 4.28. The van der Waals surface area contributed by atoms with Crippen molar-refractivity contribution in [2.75, 3.05) is 0 Å². The standard InChI is InChI=1S/C14H21NO3/c1-9-6-10(2)12(16)11(7-9)8-15-13(17)18-14(3,4)5/h6-7,16H,8H2,1-5H3,(H,15,17). The fourth-order valence-corrected chi connectivity index (χ4v) is 1.66. The first-order valence-electron chi connectivity index (χ1n) is 5.95. The molecule has 0 saturated carbocycles. The Morgan fingerprint density at radius 1 is 1.33 bits per heavy atom. The number of hydrogen-bond donors (Lipinski definition) is 2. The zero-order chi connectivity index (χ0) is 13.9. The normalized spacial score (nSPS) is 11.2. The van der Waals surface area contributed by atoms with Crippen LogP contribution in [0.25, 0.3) is 0 Å². The molecule has 0 aliphatic heterocycles. The van der Waals surface area contributed by atoms with Crippen LogP contribution in [0.2, 0.25) is 0 Å². The van der Waals surface area contributed by atoms with Crippen LogP contribution in [0.15, 0.2) is 12.1 Å². The van der Waals surface area contributed by atoms with Gasteiger partial charge in [-0.1, -0.05) is 17.7 Å². The summed E-state index contributed by atoms with van der Waals surface area (Å²) in [6, 6.07) is 3.74. The molecule has 0 bridgehead atoms. The Morgan fingerprint density at radius 3 is 2.50 bits per heavy atom. The second-order valence-electron chi connectivity index (χ2n) is 5.44. The number of phenolic OH excluding ortho intramolecular Hbond substituents is 1. The maximum atomic E-state index is 11.5. The zero-order valence-corrected chi connectivity index (χ0v) is 11.6. The molecule has 1 amide bonds. The predicted octanol–water partition coefficient (Wildman–Crippen LogP) is 3.03. The molecular weight excluding hydrogens is 230 g/mol. The molecule has 4 nitrogen and oxygen atoms in total. The van der Waals surface area contributed by atoms with E-state index in [-0.39, 0.29) is 12.3 Å². The van der Waals surface area contributed by atoms with Gasteiger partial charge in [-0.05, 0) is 40.2 Å². The largest absolute Gasteiger partial charge is 0.507 e. The molecule has 1 rings (SSSR count). The summed E-state index contributed by atoms with van der Waals surface area (Å²) in [7, 11) is 0. The number of aryl methyl sites for hydroxylation is 2. The lowest BCUT2D eigenvalue weighted by Gasteiger charge is -2.20. The topological polar surface area (TPSA) is 58.6 Å². The van der Waals surface area contributed by atoms with Crippen molar-refractivity contribution in [3.05, 3.63) is 28.8 Å². The molecule has 0 saturated heterocycles. The quantitative estimate of drug-likeness (QED) is 0.849. The van der Waals surface area contributed by atoms with Crippen molar-refractivity contribution < 1.29 is 14.6 Å². The molecule has 0 radical (unpaired) electrons. The number of aromatic hydroxyl groups is 1. The van der Waals surface area contributed by atoms with E-state index >= 15 is 0 Å². The van der Waals surface area contributed by atoms with Crippen molar-refractivity contribution in [2.24, 2.45) is 0 Å². The van der Waals surface area contributed by atoms with Crippen LogP contribution in [0.4, 0.5) is 4.79 Å². The minimum atomic E-state index is -0.519. The highest BCUT2D eigenvalue weighted by molar-refractivity contribution is 5.67. The first-order valence-corrected chi connectivity index (χ1v) is 5.95. The van der Waals surface area contributed by atoms with E-state index in [1.165, 1.54) is 0 Å². The van der Waals surface area contributed by atoms with Crippen LogP contribution in [0, 0.1) is 13.8 Å².